The summed E-state index contributed by atoms with van der Waals surface area (Å²) >= 11 is 8.37. The van der Waals surface area contributed by atoms with Crippen molar-refractivity contribution in [3.05, 3.63) is 56.6 Å². The van der Waals surface area contributed by atoms with Crippen molar-refractivity contribution < 1.29 is 5.11 Å². The molecule has 136 valence electrons. The van der Waals surface area contributed by atoms with Gasteiger partial charge in [-0.3, -0.25) is 0 Å². The molecule has 1 atom stereocenters. The summed E-state index contributed by atoms with van der Waals surface area (Å²) in [6.45, 7) is 9.44. The van der Waals surface area contributed by atoms with Gasteiger partial charge in [0.2, 0.25) is 0 Å². The van der Waals surface area contributed by atoms with Gasteiger partial charge >= 0.3 is 0 Å². The average molecular weight is 473 g/mol. The lowest BCUT2D eigenvalue weighted by Gasteiger charge is -2.31. The average Bonchev–Trinajstić information content (AvgIpc) is 2.59. The third-order valence-corrected chi connectivity index (χ3v) is 5.27. The molecule has 0 aliphatic heterocycles. The second-order valence-corrected chi connectivity index (χ2v) is 7.84. The van der Waals surface area contributed by atoms with Crippen LogP contribution in [0.25, 0.3) is 0 Å². The van der Waals surface area contributed by atoms with Crippen molar-refractivity contribution in [3.8, 4) is 0 Å². The fourth-order valence-electron chi connectivity index (χ4n) is 2.93. The van der Waals surface area contributed by atoms with E-state index in [1.54, 1.807) is 0 Å². The van der Waals surface area contributed by atoms with E-state index in [1.807, 2.05) is 24.3 Å². The Kier molecular flexibility index (Phi) is 8.00. The number of aliphatic hydroxyl groups excluding tert-OH is 1. The Bertz CT molecular complexity index is 674. The minimum atomic E-state index is -0.436. The predicted octanol–water partition coefficient (Wildman–Crippen LogP) is 5.09. The molecule has 2 aromatic carbocycles. The highest BCUT2D eigenvalue weighted by molar-refractivity contribution is 14.1. The lowest BCUT2D eigenvalue weighted by Crippen LogP contribution is -2.39. The highest BCUT2D eigenvalue weighted by Gasteiger charge is 2.18. The number of benzene rings is 2. The number of rotatable bonds is 8. The van der Waals surface area contributed by atoms with Crippen LogP contribution in [0.15, 0.2) is 42.5 Å². The topological polar surface area (TPSA) is 26.7 Å². The van der Waals surface area contributed by atoms with Gasteiger partial charge < -0.3 is 14.9 Å². The maximum Gasteiger partial charge on any atom is 0.0845 e. The minimum absolute atomic E-state index is 0.436. The van der Waals surface area contributed by atoms with Gasteiger partial charge in [-0.1, -0.05) is 25.4 Å². The third kappa shape index (κ3) is 5.84. The Morgan fingerprint density at radius 2 is 1.68 bits per heavy atom. The molecule has 3 nitrogen and oxygen atoms in total. The third-order valence-electron chi connectivity index (χ3n) is 4.34. The summed E-state index contributed by atoms with van der Waals surface area (Å²) < 4.78 is 1.21. The molecule has 1 N–H and O–H groups in total. The van der Waals surface area contributed by atoms with Gasteiger partial charge in [0.15, 0.2) is 0 Å². The molecule has 0 bridgehead atoms. The molecular formula is C20H26ClIN2O. The van der Waals surface area contributed by atoms with Crippen molar-refractivity contribution >= 4 is 45.6 Å². The van der Waals surface area contributed by atoms with Gasteiger partial charge in [0.1, 0.15) is 0 Å². The Morgan fingerprint density at radius 1 is 1.04 bits per heavy atom. The van der Waals surface area contributed by atoms with E-state index in [9.17, 15) is 5.11 Å². The molecule has 0 fully saturated rings. The normalized spacial score (nSPS) is 12.4. The second kappa shape index (κ2) is 9.76. The molecule has 0 saturated carbocycles. The molecule has 0 radical (unpaired) electrons. The molecule has 0 saturated heterocycles. The largest absolute Gasteiger partial charge is 0.390 e. The van der Waals surface area contributed by atoms with Crippen molar-refractivity contribution in [2.75, 3.05) is 31.1 Å². The van der Waals surface area contributed by atoms with E-state index in [1.165, 1.54) is 9.13 Å². The monoisotopic (exact) mass is 472 g/mol. The first-order valence-corrected chi connectivity index (χ1v) is 10.1. The Morgan fingerprint density at radius 3 is 2.24 bits per heavy atom. The van der Waals surface area contributed by atoms with Crippen molar-refractivity contribution in [2.45, 2.75) is 26.9 Å². The summed E-state index contributed by atoms with van der Waals surface area (Å²) in [6, 6.07) is 14.2. The summed E-state index contributed by atoms with van der Waals surface area (Å²) in [5.74, 6) is 0. The molecule has 2 aromatic rings. The van der Waals surface area contributed by atoms with Gasteiger partial charge in [0.25, 0.3) is 0 Å². The Labute approximate surface area is 169 Å². The maximum atomic E-state index is 10.7. The minimum Gasteiger partial charge on any atom is -0.390 e. The highest BCUT2D eigenvalue weighted by Crippen LogP contribution is 2.30. The fraction of sp³-hybridized carbons (Fsp3) is 0.400. The van der Waals surface area contributed by atoms with Crippen molar-refractivity contribution in [2.24, 2.45) is 0 Å². The summed E-state index contributed by atoms with van der Waals surface area (Å²) in [7, 11) is 0. The number of nitrogens with zero attached hydrogens (tertiary/aromatic N) is 2. The van der Waals surface area contributed by atoms with Crippen LogP contribution in [0.5, 0.6) is 0 Å². The van der Waals surface area contributed by atoms with Crippen LogP contribution < -0.4 is 4.90 Å². The summed E-state index contributed by atoms with van der Waals surface area (Å²) in [6.07, 6.45) is -0.436. The van der Waals surface area contributed by atoms with E-state index in [0.29, 0.717) is 18.1 Å². The zero-order chi connectivity index (χ0) is 18.4. The molecule has 0 amide bonds. The molecule has 0 aliphatic rings. The van der Waals surface area contributed by atoms with Crippen molar-refractivity contribution in [3.63, 3.8) is 0 Å². The van der Waals surface area contributed by atoms with Crippen LogP contribution in [0.2, 0.25) is 5.02 Å². The molecule has 5 heteroatoms. The van der Waals surface area contributed by atoms with E-state index >= 15 is 0 Å². The zero-order valence-corrected chi connectivity index (χ0v) is 18.0. The van der Waals surface area contributed by atoms with E-state index in [2.05, 4.69) is 71.4 Å². The molecule has 25 heavy (non-hydrogen) atoms. The van der Waals surface area contributed by atoms with Gasteiger partial charge in [-0.15, -0.1) is 0 Å². The number of anilines is 2. The number of halogens is 2. The molecule has 2 rings (SSSR count). The Hall–Kier alpha value is -0.820. The van der Waals surface area contributed by atoms with Crippen LogP contribution in [0.1, 0.15) is 19.4 Å². The maximum absolute atomic E-state index is 10.7. The summed E-state index contributed by atoms with van der Waals surface area (Å²) in [5.41, 5.74) is 3.34. The number of aryl methyl sites for hydroxylation is 1. The quantitative estimate of drug-likeness (QED) is 0.542. The first-order chi connectivity index (χ1) is 11.9. The number of likely N-dealkylation sites (N-methyl/N-ethyl adjacent to an activating group) is 1. The van der Waals surface area contributed by atoms with E-state index in [-0.39, 0.29) is 0 Å². The van der Waals surface area contributed by atoms with Crippen LogP contribution in [0, 0.1) is 10.5 Å². The van der Waals surface area contributed by atoms with Crippen LogP contribution in [0.3, 0.4) is 0 Å². The zero-order valence-electron chi connectivity index (χ0n) is 15.0. The summed E-state index contributed by atoms with van der Waals surface area (Å²) in [4.78, 5) is 4.42. The highest BCUT2D eigenvalue weighted by atomic mass is 127. The molecule has 0 aliphatic carbocycles. The lowest BCUT2D eigenvalue weighted by molar-refractivity contribution is 0.124. The smallest absolute Gasteiger partial charge is 0.0845 e. The second-order valence-electron chi connectivity index (χ2n) is 6.16. The first kappa shape index (κ1) is 20.5. The Balaban J connectivity index is 2.30. The summed E-state index contributed by atoms with van der Waals surface area (Å²) in [5, 5.41) is 11.4. The van der Waals surface area contributed by atoms with Crippen LogP contribution in [-0.2, 0) is 0 Å². The van der Waals surface area contributed by atoms with Gasteiger partial charge in [-0.25, -0.2) is 0 Å². The molecule has 1 unspecified atom stereocenters. The van der Waals surface area contributed by atoms with Gasteiger partial charge in [-0.2, -0.15) is 0 Å². The van der Waals surface area contributed by atoms with E-state index in [0.717, 1.165) is 24.5 Å². The van der Waals surface area contributed by atoms with Crippen LogP contribution in [0.4, 0.5) is 11.4 Å². The molecular weight excluding hydrogens is 447 g/mol. The number of hydrogen-bond acceptors (Lipinski definition) is 3. The van der Waals surface area contributed by atoms with E-state index < -0.39 is 6.10 Å². The predicted molar refractivity (Wildman–Crippen MR) is 116 cm³/mol. The van der Waals surface area contributed by atoms with Gasteiger partial charge in [0, 0.05) is 26.5 Å². The van der Waals surface area contributed by atoms with Gasteiger partial charge in [0.05, 0.1) is 12.6 Å². The van der Waals surface area contributed by atoms with Crippen LogP contribution in [-0.4, -0.2) is 42.3 Å². The number of aliphatic hydroxyl groups is 1. The van der Waals surface area contributed by atoms with E-state index in [4.69, 9.17) is 11.6 Å². The lowest BCUT2D eigenvalue weighted by atomic mass is 10.1. The number of hydrogen-bond donors (Lipinski definition) is 1. The fourth-order valence-corrected chi connectivity index (χ4v) is 3.71. The molecule has 0 heterocycles. The molecule has 0 spiro atoms. The first-order valence-electron chi connectivity index (χ1n) is 8.64. The SMILES string of the molecule is CCN(CC)CC(O)CN(c1ccc(Cl)cc1)c1ccc(I)cc1C. The molecule has 0 aromatic heterocycles. The van der Waals surface area contributed by atoms with Gasteiger partial charge in [-0.05, 0) is 90.6 Å². The van der Waals surface area contributed by atoms with Crippen LogP contribution >= 0.6 is 34.2 Å². The van der Waals surface area contributed by atoms with Crippen molar-refractivity contribution in [1.82, 2.24) is 4.90 Å². The standard InChI is InChI=1S/C20H26ClIN2O/c1-4-23(5-2)13-19(25)14-24(18-9-6-16(21)7-10-18)20-11-8-17(22)12-15(20)3/h6-12,19,25H,4-5,13-14H2,1-3H3. The van der Waals surface area contributed by atoms with Crippen molar-refractivity contribution in [1.29, 1.82) is 0 Å².